The zero-order chi connectivity index (χ0) is 11.0. The SMILES string of the molecule is Cc1nc(-c2sccc2Br)[nH]c(=O)c1Br. The first kappa shape index (κ1) is 11.0. The lowest BCUT2D eigenvalue weighted by atomic mass is 10.4. The molecule has 0 aliphatic heterocycles. The third kappa shape index (κ3) is 2.07. The molecule has 0 spiro atoms. The van der Waals surface area contributed by atoms with Crippen molar-refractivity contribution in [2.75, 3.05) is 0 Å². The fraction of sp³-hybridized carbons (Fsp3) is 0.111. The van der Waals surface area contributed by atoms with Crippen molar-refractivity contribution in [3.8, 4) is 10.7 Å². The van der Waals surface area contributed by atoms with Crippen LogP contribution in [-0.4, -0.2) is 9.97 Å². The summed E-state index contributed by atoms with van der Waals surface area (Å²) >= 11 is 8.12. The largest absolute Gasteiger partial charge is 0.305 e. The number of thiophene rings is 1. The Hall–Kier alpha value is -0.460. The maximum Gasteiger partial charge on any atom is 0.265 e. The van der Waals surface area contributed by atoms with E-state index < -0.39 is 0 Å². The van der Waals surface area contributed by atoms with Gasteiger partial charge in [0.05, 0.1) is 10.6 Å². The number of halogens is 2. The van der Waals surface area contributed by atoms with E-state index in [2.05, 4.69) is 41.8 Å². The summed E-state index contributed by atoms with van der Waals surface area (Å²) in [5, 5.41) is 1.94. The summed E-state index contributed by atoms with van der Waals surface area (Å²) in [6, 6.07) is 1.93. The highest BCUT2D eigenvalue weighted by atomic mass is 79.9. The lowest BCUT2D eigenvalue weighted by molar-refractivity contribution is 1.06. The molecule has 2 rings (SSSR count). The van der Waals surface area contributed by atoms with Crippen LogP contribution in [0.2, 0.25) is 0 Å². The van der Waals surface area contributed by atoms with Crippen molar-refractivity contribution in [2.45, 2.75) is 6.92 Å². The maximum absolute atomic E-state index is 11.5. The Bertz CT molecular complexity index is 561. The van der Waals surface area contributed by atoms with E-state index in [4.69, 9.17) is 0 Å². The van der Waals surface area contributed by atoms with E-state index in [9.17, 15) is 4.79 Å². The van der Waals surface area contributed by atoms with Gasteiger partial charge in [0.25, 0.3) is 5.56 Å². The second-order valence-corrected chi connectivity index (χ2v) is 5.48. The molecule has 1 N–H and O–H groups in total. The summed E-state index contributed by atoms with van der Waals surface area (Å²) in [5.74, 6) is 0.600. The number of rotatable bonds is 1. The molecule has 0 atom stereocenters. The van der Waals surface area contributed by atoms with Gasteiger partial charge in [0, 0.05) is 4.47 Å². The third-order valence-corrected chi connectivity index (χ3v) is 4.64. The van der Waals surface area contributed by atoms with Gasteiger partial charge in [-0.05, 0) is 50.2 Å². The van der Waals surface area contributed by atoms with Gasteiger partial charge in [-0.2, -0.15) is 0 Å². The smallest absolute Gasteiger partial charge is 0.265 e. The number of hydrogen-bond donors (Lipinski definition) is 1. The van der Waals surface area contributed by atoms with Crippen LogP contribution >= 0.6 is 43.2 Å². The highest BCUT2D eigenvalue weighted by Gasteiger charge is 2.10. The highest BCUT2D eigenvalue weighted by molar-refractivity contribution is 9.11. The second kappa shape index (κ2) is 4.19. The molecule has 0 bridgehead atoms. The van der Waals surface area contributed by atoms with Gasteiger partial charge in [-0.25, -0.2) is 4.98 Å². The lowest BCUT2D eigenvalue weighted by Gasteiger charge is -2.01. The molecule has 15 heavy (non-hydrogen) atoms. The van der Waals surface area contributed by atoms with Crippen molar-refractivity contribution in [3.05, 3.63) is 36.4 Å². The van der Waals surface area contributed by atoms with Crippen LogP contribution in [0.1, 0.15) is 5.69 Å². The molecule has 0 aromatic carbocycles. The first-order valence-electron chi connectivity index (χ1n) is 4.09. The first-order chi connectivity index (χ1) is 7.09. The molecule has 6 heteroatoms. The minimum absolute atomic E-state index is 0.155. The van der Waals surface area contributed by atoms with E-state index >= 15 is 0 Å². The Balaban J connectivity index is 2.66. The molecule has 0 amide bonds. The topological polar surface area (TPSA) is 45.8 Å². The number of nitrogens with one attached hydrogen (secondary N) is 1. The van der Waals surface area contributed by atoms with Crippen molar-refractivity contribution in [1.82, 2.24) is 9.97 Å². The molecule has 0 aliphatic carbocycles. The minimum Gasteiger partial charge on any atom is -0.305 e. The number of aromatic nitrogens is 2. The molecule has 0 radical (unpaired) electrons. The lowest BCUT2D eigenvalue weighted by Crippen LogP contribution is -2.11. The molecule has 0 fully saturated rings. The Labute approximate surface area is 107 Å². The van der Waals surface area contributed by atoms with Gasteiger partial charge < -0.3 is 4.98 Å². The predicted molar refractivity (Wildman–Crippen MR) is 68.3 cm³/mol. The molecule has 0 unspecified atom stereocenters. The number of hydrogen-bond acceptors (Lipinski definition) is 3. The fourth-order valence-electron chi connectivity index (χ4n) is 1.14. The van der Waals surface area contributed by atoms with Crippen LogP contribution in [0, 0.1) is 6.92 Å². The molecule has 0 saturated heterocycles. The zero-order valence-electron chi connectivity index (χ0n) is 7.67. The van der Waals surface area contributed by atoms with Crippen LogP contribution in [0.3, 0.4) is 0 Å². The maximum atomic E-state index is 11.5. The van der Waals surface area contributed by atoms with Gasteiger partial charge in [0.2, 0.25) is 0 Å². The van der Waals surface area contributed by atoms with Crippen molar-refractivity contribution in [2.24, 2.45) is 0 Å². The Morgan fingerprint density at radius 3 is 2.73 bits per heavy atom. The van der Waals surface area contributed by atoms with Gasteiger partial charge in [-0.3, -0.25) is 4.79 Å². The molecule has 0 saturated carbocycles. The second-order valence-electron chi connectivity index (χ2n) is 2.91. The van der Waals surface area contributed by atoms with Crippen LogP contribution < -0.4 is 5.56 Å². The van der Waals surface area contributed by atoms with Crippen LogP contribution in [0.15, 0.2) is 25.2 Å². The Morgan fingerprint density at radius 1 is 1.47 bits per heavy atom. The molecule has 2 heterocycles. The Morgan fingerprint density at radius 2 is 2.20 bits per heavy atom. The van der Waals surface area contributed by atoms with E-state index in [1.807, 2.05) is 11.4 Å². The average molecular weight is 350 g/mol. The third-order valence-electron chi connectivity index (χ3n) is 1.86. The molecule has 2 aromatic rings. The quantitative estimate of drug-likeness (QED) is 0.858. The van der Waals surface area contributed by atoms with Crippen molar-refractivity contribution in [3.63, 3.8) is 0 Å². The molecule has 2 aromatic heterocycles. The van der Waals surface area contributed by atoms with E-state index in [0.717, 1.165) is 9.35 Å². The standard InChI is InChI=1S/C9H6Br2N2OS/c1-4-6(11)9(14)13-8(12-4)7-5(10)2-3-15-7/h2-3H,1H3,(H,12,13,14). The van der Waals surface area contributed by atoms with Gasteiger partial charge >= 0.3 is 0 Å². The summed E-state index contributed by atoms with van der Waals surface area (Å²) in [7, 11) is 0. The van der Waals surface area contributed by atoms with Gasteiger partial charge in [-0.1, -0.05) is 0 Å². The summed E-state index contributed by atoms with van der Waals surface area (Å²) < 4.78 is 1.43. The Kier molecular flexibility index (Phi) is 3.08. The zero-order valence-corrected chi connectivity index (χ0v) is 11.7. The van der Waals surface area contributed by atoms with E-state index in [1.54, 1.807) is 6.92 Å². The van der Waals surface area contributed by atoms with Crippen molar-refractivity contribution in [1.29, 1.82) is 0 Å². The van der Waals surface area contributed by atoms with Crippen LogP contribution in [0.4, 0.5) is 0 Å². The fourth-order valence-corrected chi connectivity index (χ4v) is 2.83. The number of H-pyrrole nitrogens is 1. The molecule has 3 nitrogen and oxygen atoms in total. The van der Waals surface area contributed by atoms with Gasteiger partial charge in [0.1, 0.15) is 4.47 Å². The molecule has 0 aliphatic rings. The van der Waals surface area contributed by atoms with Crippen molar-refractivity contribution < 1.29 is 0 Å². The minimum atomic E-state index is -0.155. The molecular weight excluding hydrogens is 344 g/mol. The summed E-state index contributed by atoms with van der Waals surface area (Å²) in [5.41, 5.74) is 0.534. The van der Waals surface area contributed by atoms with E-state index in [-0.39, 0.29) is 5.56 Å². The molecular formula is C9H6Br2N2OS. The van der Waals surface area contributed by atoms with Crippen molar-refractivity contribution >= 4 is 43.2 Å². The van der Waals surface area contributed by atoms with Gasteiger partial charge in [-0.15, -0.1) is 11.3 Å². The van der Waals surface area contributed by atoms with Crippen LogP contribution in [0.25, 0.3) is 10.7 Å². The highest BCUT2D eigenvalue weighted by Crippen LogP contribution is 2.30. The average Bonchev–Trinajstić information content (AvgIpc) is 2.60. The van der Waals surface area contributed by atoms with E-state index in [1.165, 1.54) is 11.3 Å². The van der Waals surface area contributed by atoms with E-state index in [0.29, 0.717) is 16.0 Å². The normalized spacial score (nSPS) is 10.6. The summed E-state index contributed by atoms with van der Waals surface area (Å²) in [4.78, 5) is 19.5. The monoisotopic (exact) mass is 348 g/mol. The first-order valence-corrected chi connectivity index (χ1v) is 6.56. The van der Waals surface area contributed by atoms with Crippen LogP contribution in [-0.2, 0) is 0 Å². The van der Waals surface area contributed by atoms with Crippen LogP contribution in [0.5, 0.6) is 0 Å². The predicted octanol–water partition coefficient (Wildman–Crippen LogP) is 3.33. The van der Waals surface area contributed by atoms with Gasteiger partial charge in [0.15, 0.2) is 5.82 Å². The number of nitrogens with zero attached hydrogens (tertiary/aromatic N) is 1. The summed E-state index contributed by atoms with van der Waals surface area (Å²) in [6.45, 7) is 1.80. The summed E-state index contributed by atoms with van der Waals surface area (Å²) in [6.07, 6.45) is 0. The number of aryl methyl sites for hydroxylation is 1. The number of aromatic amines is 1. The molecule has 78 valence electrons.